The van der Waals surface area contributed by atoms with Crippen LogP contribution >= 0.6 is 0 Å². The van der Waals surface area contributed by atoms with Gasteiger partial charge in [-0.05, 0) is 57.8 Å². The molecule has 3 heteroatoms. The molecular weight excluding hydrogens is 372 g/mol. The molecule has 0 spiro atoms. The maximum Gasteiger partial charge on any atom is 0.302 e. The van der Waals surface area contributed by atoms with Crippen LogP contribution in [0.15, 0.2) is 24.3 Å². The predicted octanol–water partition coefficient (Wildman–Crippen LogP) is 8.31. The van der Waals surface area contributed by atoms with Gasteiger partial charge in [0, 0.05) is 13.5 Å². The summed E-state index contributed by atoms with van der Waals surface area (Å²) in [5, 5.41) is 8.48. The molecule has 0 rings (SSSR count). The molecule has 0 amide bonds. The fourth-order valence-electron chi connectivity index (χ4n) is 2.97. The number of carbonyl (C=O) groups is 1. The lowest BCUT2D eigenvalue weighted by Gasteiger charge is -2.02. The summed E-state index contributed by atoms with van der Waals surface area (Å²) in [5.41, 5.74) is 0. The van der Waals surface area contributed by atoms with Gasteiger partial charge in [0.1, 0.15) is 0 Å². The largest absolute Gasteiger partial charge is 0.466 e. The summed E-state index contributed by atoms with van der Waals surface area (Å²) in [4.78, 5) is 10.5. The Labute approximate surface area is 188 Å². The molecule has 0 aromatic carbocycles. The van der Waals surface area contributed by atoms with Crippen LogP contribution in [0.4, 0.5) is 0 Å². The zero-order valence-corrected chi connectivity index (χ0v) is 20.5. The number of hydrogen-bond acceptors (Lipinski definition) is 3. The number of hydrogen-bond donors (Lipinski definition) is 1. The normalized spacial score (nSPS) is 11.1. The highest BCUT2D eigenvalue weighted by atomic mass is 16.5. The van der Waals surface area contributed by atoms with Crippen LogP contribution < -0.4 is 0 Å². The Morgan fingerprint density at radius 1 is 0.633 bits per heavy atom. The summed E-state index contributed by atoms with van der Waals surface area (Å²) in [6.45, 7) is 6.85. The lowest BCUT2D eigenvalue weighted by Crippen LogP contribution is -1.99. The van der Waals surface area contributed by atoms with E-state index in [2.05, 4.69) is 38.2 Å². The average molecular weight is 425 g/mol. The maximum atomic E-state index is 10.5. The van der Waals surface area contributed by atoms with E-state index in [0.29, 0.717) is 13.2 Å². The molecule has 0 aliphatic rings. The van der Waals surface area contributed by atoms with Crippen molar-refractivity contribution in [1.29, 1.82) is 0 Å². The molecule has 0 aromatic rings. The number of rotatable bonds is 20. The number of allylic oxidation sites excluding steroid dienone is 4. The van der Waals surface area contributed by atoms with Gasteiger partial charge in [-0.25, -0.2) is 0 Å². The third-order valence-corrected chi connectivity index (χ3v) is 4.88. The van der Waals surface area contributed by atoms with Crippen molar-refractivity contribution in [2.75, 3.05) is 13.2 Å². The predicted molar refractivity (Wildman–Crippen MR) is 132 cm³/mol. The Hall–Kier alpha value is -1.09. The molecule has 0 saturated heterocycles. The van der Waals surface area contributed by atoms with E-state index in [1.807, 2.05) is 0 Å². The molecule has 178 valence electrons. The van der Waals surface area contributed by atoms with Crippen LogP contribution in [0.1, 0.15) is 130 Å². The van der Waals surface area contributed by atoms with Crippen LogP contribution in [0.25, 0.3) is 0 Å². The Bertz CT molecular complexity index is 374. The summed E-state index contributed by atoms with van der Waals surface area (Å²) >= 11 is 0. The third-order valence-electron chi connectivity index (χ3n) is 4.88. The lowest BCUT2D eigenvalue weighted by molar-refractivity contribution is -0.141. The highest BCUT2D eigenvalue weighted by Crippen LogP contribution is 2.08. The van der Waals surface area contributed by atoms with Crippen molar-refractivity contribution >= 4 is 5.97 Å². The van der Waals surface area contributed by atoms with Crippen LogP contribution in [0.3, 0.4) is 0 Å². The van der Waals surface area contributed by atoms with Gasteiger partial charge in [0.15, 0.2) is 0 Å². The van der Waals surface area contributed by atoms with E-state index in [0.717, 1.165) is 25.7 Å². The quantitative estimate of drug-likeness (QED) is 0.121. The second-order valence-electron chi connectivity index (χ2n) is 8.05. The van der Waals surface area contributed by atoms with Crippen molar-refractivity contribution in [3.63, 3.8) is 0 Å². The third kappa shape index (κ3) is 34.4. The smallest absolute Gasteiger partial charge is 0.302 e. The Balaban J connectivity index is 0. The first-order chi connectivity index (χ1) is 14.7. The van der Waals surface area contributed by atoms with E-state index in [-0.39, 0.29) is 5.97 Å². The second kappa shape index (κ2) is 30.1. The van der Waals surface area contributed by atoms with E-state index in [9.17, 15) is 4.79 Å². The zero-order chi connectivity index (χ0) is 22.5. The first kappa shape index (κ1) is 31.1. The molecule has 30 heavy (non-hydrogen) atoms. The monoisotopic (exact) mass is 424 g/mol. The Kier molecular flexibility index (Phi) is 31.2. The molecule has 0 aliphatic heterocycles. The summed E-state index contributed by atoms with van der Waals surface area (Å²) in [5.74, 6) is -0.161. The summed E-state index contributed by atoms with van der Waals surface area (Å²) in [6.07, 6.45) is 30.1. The minimum Gasteiger partial charge on any atom is -0.466 e. The van der Waals surface area contributed by atoms with E-state index >= 15 is 0 Å². The van der Waals surface area contributed by atoms with Crippen molar-refractivity contribution < 1.29 is 14.6 Å². The van der Waals surface area contributed by atoms with Crippen LogP contribution in [0, 0.1) is 0 Å². The SMILES string of the molecule is CCCC/C=C/CCCCO.CCCCC/C=C/CCCCCCCCOC(C)=O. The van der Waals surface area contributed by atoms with Gasteiger partial charge in [0.2, 0.25) is 0 Å². The van der Waals surface area contributed by atoms with E-state index in [4.69, 9.17) is 9.84 Å². The first-order valence-electron chi connectivity index (χ1n) is 12.7. The van der Waals surface area contributed by atoms with Gasteiger partial charge < -0.3 is 9.84 Å². The molecule has 0 atom stereocenters. The van der Waals surface area contributed by atoms with Crippen LogP contribution in [-0.2, 0) is 9.53 Å². The lowest BCUT2D eigenvalue weighted by atomic mass is 10.1. The van der Waals surface area contributed by atoms with Gasteiger partial charge in [-0.2, -0.15) is 0 Å². The fourth-order valence-corrected chi connectivity index (χ4v) is 2.97. The van der Waals surface area contributed by atoms with E-state index < -0.39 is 0 Å². The number of esters is 1. The minimum atomic E-state index is -0.161. The molecule has 3 nitrogen and oxygen atoms in total. The fraction of sp³-hybridized carbons (Fsp3) is 0.815. The highest BCUT2D eigenvalue weighted by Gasteiger charge is 1.93. The number of carbonyl (C=O) groups excluding carboxylic acids is 1. The zero-order valence-electron chi connectivity index (χ0n) is 20.5. The molecule has 1 N–H and O–H groups in total. The van der Waals surface area contributed by atoms with Crippen molar-refractivity contribution in [3.8, 4) is 0 Å². The van der Waals surface area contributed by atoms with Gasteiger partial charge in [-0.3, -0.25) is 4.79 Å². The topological polar surface area (TPSA) is 46.5 Å². The maximum absolute atomic E-state index is 10.5. The van der Waals surface area contributed by atoms with Gasteiger partial charge in [0.25, 0.3) is 0 Å². The summed E-state index contributed by atoms with van der Waals surface area (Å²) in [7, 11) is 0. The Morgan fingerprint density at radius 3 is 1.57 bits per heavy atom. The molecule has 0 aliphatic carbocycles. The van der Waals surface area contributed by atoms with Gasteiger partial charge in [-0.15, -0.1) is 0 Å². The van der Waals surface area contributed by atoms with Crippen molar-refractivity contribution in [1.82, 2.24) is 0 Å². The number of aliphatic hydroxyl groups is 1. The molecule has 0 aromatic heterocycles. The first-order valence-corrected chi connectivity index (χ1v) is 12.7. The molecule has 0 unspecified atom stereocenters. The van der Waals surface area contributed by atoms with Crippen molar-refractivity contribution in [2.24, 2.45) is 0 Å². The van der Waals surface area contributed by atoms with Gasteiger partial charge in [0.05, 0.1) is 6.61 Å². The number of unbranched alkanes of at least 4 members (excludes halogenated alkanes) is 13. The number of ether oxygens (including phenoxy) is 1. The standard InChI is InChI=1S/C17H32O2.C10H20O/c1-3-4-5-6-7-8-9-10-11-12-13-14-15-16-19-17(2)18;1-2-3-4-5-6-7-8-9-10-11/h7-8H,3-6,9-16H2,1-2H3;5-6,11H,2-4,7-10H2,1H3/b8-7+;6-5+. The summed E-state index contributed by atoms with van der Waals surface area (Å²) < 4.78 is 4.89. The van der Waals surface area contributed by atoms with Gasteiger partial charge >= 0.3 is 5.97 Å². The van der Waals surface area contributed by atoms with Crippen molar-refractivity contribution in [2.45, 2.75) is 130 Å². The summed E-state index contributed by atoms with van der Waals surface area (Å²) in [6, 6.07) is 0. The van der Waals surface area contributed by atoms with Crippen LogP contribution in [0.5, 0.6) is 0 Å². The number of aliphatic hydroxyl groups excluding tert-OH is 1. The molecule has 0 heterocycles. The highest BCUT2D eigenvalue weighted by molar-refractivity contribution is 5.65. The molecule has 0 bridgehead atoms. The minimum absolute atomic E-state index is 0.161. The van der Waals surface area contributed by atoms with Gasteiger partial charge in [-0.1, -0.05) is 89.5 Å². The molecule has 0 radical (unpaired) electrons. The van der Waals surface area contributed by atoms with E-state index in [1.165, 1.54) is 90.4 Å². The average Bonchev–Trinajstić information content (AvgIpc) is 2.74. The van der Waals surface area contributed by atoms with Crippen molar-refractivity contribution in [3.05, 3.63) is 24.3 Å². The Morgan fingerprint density at radius 2 is 1.07 bits per heavy atom. The molecule has 0 fully saturated rings. The van der Waals surface area contributed by atoms with Crippen LogP contribution in [0.2, 0.25) is 0 Å². The van der Waals surface area contributed by atoms with Crippen LogP contribution in [-0.4, -0.2) is 24.3 Å². The molecular formula is C27H52O3. The second-order valence-corrected chi connectivity index (χ2v) is 8.05. The van der Waals surface area contributed by atoms with E-state index in [1.54, 1.807) is 0 Å². The molecule has 0 saturated carbocycles.